The Balaban J connectivity index is 1.48. The zero-order valence-corrected chi connectivity index (χ0v) is 21.2. The van der Waals surface area contributed by atoms with Crippen molar-refractivity contribution in [3.05, 3.63) is 121 Å². The van der Waals surface area contributed by atoms with E-state index in [4.69, 9.17) is 19.4 Å². The van der Waals surface area contributed by atoms with E-state index >= 15 is 0 Å². The van der Waals surface area contributed by atoms with E-state index in [9.17, 15) is 0 Å². The van der Waals surface area contributed by atoms with Crippen molar-refractivity contribution in [2.45, 2.75) is 0 Å². The third-order valence-electron chi connectivity index (χ3n) is 7.81. The molecule has 0 bridgehead atoms. The van der Waals surface area contributed by atoms with Crippen LogP contribution in [0.3, 0.4) is 0 Å². The number of nitrogens with zero attached hydrogens (tertiary/aromatic N) is 4. The SMILES string of the molecule is c1ccc(-c2nc(-c3ccccc3)nc(-n3c4ccc5cccc6oc7cccc8ccc3c(c87)c4c56)n2)cc1. The molecule has 0 radical (unpaired) electrons. The Morgan fingerprint density at radius 3 is 1.43 bits per heavy atom. The summed E-state index contributed by atoms with van der Waals surface area (Å²) in [7, 11) is 0. The molecule has 5 heteroatoms. The van der Waals surface area contributed by atoms with Gasteiger partial charge in [0.2, 0.25) is 5.95 Å². The lowest BCUT2D eigenvalue weighted by molar-refractivity contribution is 0.664. The Hall–Kier alpha value is -5.55. The van der Waals surface area contributed by atoms with Crippen LogP contribution in [-0.2, 0) is 0 Å². The molecule has 0 spiro atoms. The van der Waals surface area contributed by atoms with E-state index in [1.165, 1.54) is 0 Å². The van der Waals surface area contributed by atoms with Crippen LogP contribution in [0.15, 0.2) is 126 Å². The average Bonchev–Trinajstić information content (AvgIpc) is 3.28. The molecule has 0 aliphatic carbocycles. The molecular formula is C35H20N4O. The Labute approximate surface area is 228 Å². The standard InChI is InChI=1S/C35H20N4O/c1-3-9-23(10-4-1)33-36-34(24-11-5-2-6-12-24)38-35(37-33)39-25-19-17-21-13-7-15-27-29(21)31(25)32-26(39)20-18-22-14-8-16-28(40-27)30(22)32/h1-20H. The first kappa shape index (κ1) is 21.4. The van der Waals surface area contributed by atoms with Crippen molar-refractivity contribution < 1.29 is 4.42 Å². The predicted octanol–water partition coefficient (Wildman–Crippen LogP) is 8.79. The molecule has 0 unspecified atom stereocenters. The van der Waals surface area contributed by atoms with Crippen molar-refractivity contribution in [2.75, 3.05) is 0 Å². The largest absolute Gasteiger partial charge is 0.456 e. The topological polar surface area (TPSA) is 56.7 Å². The minimum atomic E-state index is 0.586. The van der Waals surface area contributed by atoms with Crippen LogP contribution in [0, 0.1) is 0 Å². The van der Waals surface area contributed by atoms with E-state index in [1.807, 2.05) is 60.7 Å². The molecular weight excluding hydrogens is 492 g/mol. The van der Waals surface area contributed by atoms with Gasteiger partial charge in [0.25, 0.3) is 0 Å². The van der Waals surface area contributed by atoms with Crippen LogP contribution in [0.2, 0.25) is 0 Å². The van der Waals surface area contributed by atoms with Crippen molar-refractivity contribution in [1.29, 1.82) is 0 Å². The van der Waals surface area contributed by atoms with Crippen LogP contribution < -0.4 is 0 Å². The second-order valence-corrected chi connectivity index (χ2v) is 10.1. The molecule has 0 atom stereocenters. The maximum absolute atomic E-state index is 6.56. The minimum absolute atomic E-state index is 0.586. The van der Waals surface area contributed by atoms with E-state index in [1.54, 1.807) is 0 Å². The van der Waals surface area contributed by atoms with Gasteiger partial charge in [0.15, 0.2) is 11.6 Å². The molecule has 5 nitrogen and oxygen atoms in total. The highest BCUT2D eigenvalue weighted by atomic mass is 16.3. The highest BCUT2D eigenvalue weighted by Crippen LogP contribution is 2.44. The summed E-state index contributed by atoms with van der Waals surface area (Å²) in [6.07, 6.45) is 0. The van der Waals surface area contributed by atoms with Gasteiger partial charge in [0.1, 0.15) is 11.2 Å². The zero-order chi connectivity index (χ0) is 26.2. The molecule has 186 valence electrons. The molecule has 0 N–H and O–H groups in total. The smallest absolute Gasteiger partial charge is 0.238 e. The molecule has 0 aliphatic heterocycles. The van der Waals surface area contributed by atoms with Crippen LogP contribution in [0.1, 0.15) is 0 Å². The molecule has 3 heterocycles. The molecule has 0 fully saturated rings. The second-order valence-electron chi connectivity index (χ2n) is 10.1. The molecule has 0 amide bonds. The summed E-state index contributed by atoms with van der Waals surface area (Å²) in [5, 5.41) is 6.79. The number of benzene rings is 6. The average molecular weight is 513 g/mol. The van der Waals surface area contributed by atoms with E-state index in [-0.39, 0.29) is 0 Å². The quantitative estimate of drug-likeness (QED) is 0.237. The van der Waals surface area contributed by atoms with Gasteiger partial charge in [0.05, 0.1) is 11.0 Å². The zero-order valence-electron chi connectivity index (χ0n) is 21.2. The number of rotatable bonds is 3. The molecule has 9 aromatic rings. The first-order valence-electron chi connectivity index (χ1n) is 13.3. The summed E-state index contributed by atoms with van der Waals surface area (Å²) >= 11 is 0. The summed E-state index contributed by atoms with van der Waals surface area (Å²) in [5.41, 5.74) is 5.67. The van der Waals surface area contributed by atoms with Crippen molar-refractivity contribution >= 4 is 54.5 Å². The van der Waals surface area contributed by atoms with Crippen LogP contribution in [-0.4, -0.2) is 19.5 Å². The summed E-state index contributed by atoms with van der Waals surface area (Å²) in [6, 6.07) is 41.4. The lowest BCUT2D eigenvalue weighted by Gasteiger charge is -2.11. The van der Waals surface area contributed by atoms with Crippen LogP contribution >= 0.6 is 0 Å². The van der Waals surface area contributed by atoms with Crippen molar-refractivity contribution in [3.8, 4) is 28.7 Å². The highest BCUT2D eigenvalue weighted by molar-refractivity contribution is 6.33. The number of hydrogen-bond acceptors (Lipinski definition) is 4. The summed E-state index contributed by atoms with van der Waals surface area (Å²) < 4.78 is 8.75. The highest BCUT2D eigenvalue weighted by Gasteiger charge is 2.23. The molecule has 0 saturated heterocycles. The normalized spacial score (nSPS) is 12.0. The van der Waals surface area contributed by atoms with E-state index in [2.05, 4.69) is 65.2 Å². The van der Waals surface area contributed by atoms with Gasteiger partial charge in [-0.05, 0) is 35.0 Å². The lowest BCUT2D eigenvalue weighted by Crippen LogP contribution is -2.06. The fourth-order valence-corrected chi connectivity index (χ4v) is 6.08. The van der Waals surface area contributed by atoms with Gasteiger partial charge < -0.3 is 4.42 Å². The summed E-state index contributed by atoms with van der Waals surface area (Å²) in [5.74, 6) is 1.86. The van der Waals surface area contributed by atoms with Gasteiger partial charge in [-0.15, -0.1) is 0 Å². The Kier molecular flexibility index (Phi) is 4.27. The minimum Gasteiger partial charge on any atom is -0.456 e. The Bertz CT molecular complexity index is 2210. The Morgan fingerprint density at radius 1 is 0.425 bits per heavy atom. The lowest BCUT2D eigenvalue weighted by atomic mass is 10.00. The van der Waals surface area contributed by atoms with Gasteiger partial charge in [-0.2, -0.15) is 9.97 Å². The van der Waals surface area contributed by atoms with Gasteiger partial charge in [-0.1, -0.05) is 97.1 Å². The second kappa shape index (κ2) is 7.98. The fraction of sp³-hybridized carbons (Fsp3) is 0. The van der Waals surface area contributed by atoms with Crippen LogP contribution in [0.5, 0.6) is 0 Å². The number of aromatic nitrogens is 4. The van der Waals surface area contributed by atoms with Gasteiger partial charge in [0, 0.05) is 32.7 Å². The van der Waals surface area contributed by atoms with Gasteiger partial charge in [-0.25, -0.2) is 4.98 Å². The third-order valence-corrected chi connectivity index (χ3v) is 7.81. The number of hydrogen-bond donors (Lipinski definition) is 0. The molecule has 40 heavy (non-hydrogen) atoms. The van der Waals surface area contributed by atoms with E-state index < -0.39 is 0 Å². The summed E-state index contributed by atoms with van der Waals surface area (Å²) in [4.78, 5) is 15.1. The third kappa shape index (κ3) is 2.94. The molecule has 9 rings (SSSR count). The van der Waals surface area contributed by atoms with Gasteiger partial charge in [-0.3, -0.25) is 4.57 Å². The predicted molar refractivity (Wildman–Crippen MR) is 161 cm³/mol. The van der Waals surface area contributed by atoms with E-state index in [0.29, 0.717) is 17.6 Å². The van der Waals surface area contributed by atoms with Crippen molar-refractivity contribution in [3.63, 3.8) is 0 Å². The fourth-order valence-electron chi connectivity index (χ4n) is 6.08. The van der Waals surface area contributed by atoms with Crippen LogP contribution in [0.25, 0.3) is 83.2 Å². The van der Waals surface area contributed by atoms with Crippen molar-refractivity contribution in [2.24, 2.45) is 0 Å². The first-order chi connectivity index (χ1) is 19.8. The van der Waals surface area contributed by atoms with Crippen molar-refractivity contribution in [1.82, 2.24) is 19.5 Å². The molecule has 6 aromatic carbocycles. The first-order valence-corrected chi connectivity index (χ1v) is 13.3. The van der Waals surface area contributed by atoms with Gasteiger partial charge >= 0.3 is 0 Å². The molecule has 3 aromatic heterocycles. The van der Waals surface area contributed by atoms with E-state index in [0.717, 1.165) is 65.6 Å². The maximum Gasteiger partial charge on any atom is 0.238 e. The Morgan fingerprint density at radius 2 is 0.925 bits per heavy atom. The molecule has 0 saturated carbocycles. The maximum atomic E-state index is 6.56. The molecule has 0 aliphatic rings. The van der Waals surface area contributed by atoms with Crippen LogP contribution in [0.4, 0.5) is 0 Å². The summed E-state index contributed by atoms with van der Waals surface area (Å²) in [6.45, 7) is 0. The monoisotopic (exact) mass is 512 g/mol.